The second-order valence-electron chi connectivity index (χ2n) is 7.61. The summed E-state index contributed by atoms with van der Waals surface area (Å²) >= 11 is 0. The maximum atomic E-state index is 13.5. The molecule has 0 saturated carbocycles. The largest absolute Gasteiger partial charge is 0.350 e. The Hall–Kier alpha value is -3.25. The van der Waals surface area contributed by atoms with Crippen molar-refractivity contribution in [3.8, 4) is 0 Å². The van der Waals surface area contributed by atoms with Gasteiger partial charge in [0.15, 0.2) is 0 Å². The standard InChI is InChI=1S/C25H24N2O3S/c1-3-17(2)26-24(28)19-13-14-23-21(15-19)27(16-18-9-5-4-6-10-18)25(29)20-11-7-8-12-22(20)31(23)30/h4-15,17H,3,16H2,1-2H3,(H,26,28)/t17-,31-/m1/s1. The topological polar surface area (TPSA) is 66.5 Å². The van der Waals surface area contributed by atoms with E-state index in [4.69, 9.17) is 0 Å². The van der Waals surface area contributed by atoms with Crippen LogP contribution in [0.3, 0.4) is 0 Å². The molecule has 3 aromatic rings. The molecular formula is C25H24N2O3S. The van der Waals surface area contributed by atoms with Gasteiger partial charge in [0.1, 0.15) is 0 Å². The average molecular weight is 433 g/mol. The lowest BCUT2D eigenvalue weighted by Crippen LogP contribution is -2.33. The van der Waals surface area contributed by atoms with E-state index in [2.05, 4.69) is 5.32 Å². The maximum Gasteiger partial charge on any atom is 0.259 e. The number of amides is 2. The predicted molar refractivity (Wildman–Crippen MR) is 122 cm³/mol. The first-order valence-corrected chi connectivity index (χ1v) is 11.5. The van der Waals surface area contributed by atoms with E-state index in [1.54, 1.807) is 47.4 Å². The van der Waals surface area contributed by atoms with E-state index in [1.807, 2.05) is 44.2 Å². The zero-order chi connectivity index (χ0) is 22.0. The molecule has 1 aliphatic rings. The molecule has 0 aliphatic carbocycles. The van der Waals surface area contributed by atoms with E-state index < -0.39 is 10.8 Å². The normalized spacial score (nSPS) is 16.1. The minimum absolute atomic E-state index is 0.0340. The predicted octanol–water partition coefficient (Wildman–Crippen LogP) is 4.54. The van der Waals surface area contributed by atoms with Gasteiger partial charge in [-0.1, -0.05) is 49.4 Å². The van der Waals surface area contributed by atoms with Crippen LogP contribution in [0.25, 0.3) is 0 Å². The van der Waals surface area contributed by atoms with Crippen LogP contribution in [0, 0.1) is 0 Å². The molecule has 0 aromatic heterocycles. The molecular weight excluding hydrogens is 408 g/mol. The second-order valence-corrected chi connectivity index (χ2v) is 9.02. The average Bonchev–Trinajstić information content (AvgIpc) is 2.89. The summed E-state index contributed by atoms with van der Waals surface area (Å²) in [7, 11) is -1.53. The second kappa shape index (κ2) is 8.86. The highest BCUT2D eigenvalue weighted by Gasteiger charge is 2.31. The Kier molecular flexibility index (Phi) is 6.00. The molecule has 2 amide bonds. The molecule has 0 bridgehead atoms. The van der Waals surface area contributed by atoms with Gasteiger partial charge < -0.3 is 10.2 Å². The maximum absolute atomic E-state index is 13.5. The van der Waals surface area contributed by atoms with Crippen LogP contribution in [-0.2, 0) is 17.3 Å². The van der Waals surface area contributed by atoms with E-state index in [9.17, 15) is 13.8 Å². The zero-order valence-electron chi connectivity index (χ0n) is 17.5. The molecule has 0 spiro atoms. The van der Waals surface area contributed by atoms with Crippen LogP contribution in [-0.4, -0.2) is 22.1 Å². The Labute approximate surface area is 184 Å². The van der Waals surface area contributed by atoms with Gasteiger partial charge in [-0.25, -0.2) is 4.21 Å². The van der Waals surface area contributed by atoms with Crippen molar-refractivity contribution < 1.29 is 13.8 Å². The van der Waals surface area contributed by atoms with Crippen molar-refractivity contribution in [1.82, 2.24) is 5.32 Å². The van der Waals surface area contributed by atoms with E-state index in [0.717, 1.165) is 12.0 Å². The Balaban J connectivity index is 1.84. The molecule has 0 radical (unpaired) electrons. The molecule has 158 valence electrons. The number of hydrogen-bond donors (Lipinski definition) is 1. The number of benzene rings is 3. The Bertz CT molecular complexity index is 1160. The third kappa shape index (κ3) is 4.16. The van der Waals surface area contributed by atoms with Gasteiger partial charge >= 0.3 is 0 Å². The van der Waals surface area contributed by atoms with Crippen LogP contribution >= 0.6 is 0 Å². The Morgan fingerprint density at radius 2 is 1.71 bits per heavy atom. The fourth-order valence-corrected chi connectivity index (χ4v) is 4.88. The van der Waals surface area contributed by atoms with Crippen LogP contribution in [0.1, 0.15) is 46.5 Å². The zero-order valence-corrected chi connectivity index (χ0v) is 18.3. The quantitative estimate of drug-likeness (QED) is 0.644. The lowest BCUT2D eigenvalue weighted by Gasteiger charge is -2.24. The molecule has 1 N–H and O–H groups in total. The minimum atomic E-state index is -1.53. The highest BCUT2D eigenvalue weighted by molar-refractivity contribution is 7.85. The van der Waals surface area contributed by atoms with Gasteiger partial charge in [-0.15, -0.1) is 0 Å². The number of anilines is 1. The summed E-state index contributed by atoms with van der Waals surface area (Å²) in [6.45, 7) is 4.26. The number of nitrogens with one attached hydrogen (secondary N) is 1. The van der Waals surface area contributed by atoms with Gasteiger partial charge in [0.25, 0.3) is 11.8 Å². The highest BCUT2D eigenvalue weighted by atomic mass is 32.2. The smallest absolute Gasteiger partial charge is 0.259 e. The first-order valence-electron chi connectivity index (χ1n) is 10.3. The Morgan fingerprint density at radius 1 is 1.00 bits per heavy atom. The van der Waals surface area contributed by atoms with E-state index in [1.165, 1.54) is 0 Å². The fourth-order valence-electron chi connectivity index (χ4n) is 3.54. The molecule has 5 nitrogen and oxygen atoms in total. The summed E-state index contributed by atoms with van der Waals surface area (Å²) in [6.07, 6.45) is 0.814. The minimum Gasteiger partial charge on any atom is -0.350 e. The summed E-state index contributed by atoms with van der Waals surface area (Å²) in [5, 5.41) is 2.95. The number of rotatable bonds is 5. The fraction of sp³-hybridized carbons (Fsp3) is 0.200. The van der Waals surface area contributed by atoms with Gasteiger partial charge in [-0.05, 0) is 49.2 Å². The van der Waals surface area contributed by atoms with Gasteiger partial charge in [-0.3, -0.25) is 9.59 Å². The van der Waals surface area contributed by atoms with Gasteiger partial charge in [0.05, 0.1) is 38.4 Å². The third-order valence-electron chi connectivity index (χ3n) is 5.45. The molecule has 6 heteroatoms. The first kappa shape index (κ1) is 21.0. The number of hydrogen-bond acceptors (Lipinski definition) is 3. The van der Waals surface area contributed by atoms with Crippen LogP contribution < -0.4 is 10.2 Å². The summed E-state index contributed by atoms with van der Waals surface area (Å²) < 4.78 is 13.4. The van der Waals surface area contributed by atoms with Crippen LogP contribution in [0.5, 0.6) is 0 Å². The SMILES string of the molecule is CC[C@@H](C)NC(=O)c1ccc2c(c1)N(Cc1ccccc1)C(=O)c1ccccc1[S@]2=O. The van der Waals surface area contributed by atoms with Crippen molar-refractivity contribution in [2.75, 3.05) is 4.90 Å². The van der Waals surface area contributed by atoms with Crippen LogP contribution in [0.4, 0.5) is 5.69 Å². The lowest BCUT2D eigenvalue weighted by atomic mass is 10.1. The third-order valence-corrected chi connectivity index (χ3v) is 6.95. The monoisotopic (exact) mass is 432 g/mol. The molecule has 2 atom stereocenters. The summed E-state index contributed by atoms with van der Waals surface area (Å²) in [5.74, 6) is -0.442. The van der Waals surface area contributed by atoms with Gasteiger partial charge in [-0.2, -0.15) is 0 Å². The molecule has 0 fully saturated rings. The molecule has 3 aromatic carbocycles. The molecule has 4 rings (SSSR count). The van der Waals surface area contributed by atoms with Crippen molar-refractivity contribution in [3.05, 3.63) is 89.5 Å². The van der Waals surface area contributed by atoms with Crippen LogP contribution in [0.15, 0.2) is 82.6 Å². The van der Waals surface area contributed by atoms with Crippen LogP contribution in [0.2, 0.25) is 0 Å². The van der Waals surface area contributed by atoms with Crippen molar-refractivity contribution in [2.24, 2.45) is 0 Å². The number of fused-ring (bicyclic) bond motifs is 2. The van der Waals surface area contributed by atoms with E-state index >= 15 is 0 Å². The van der Waals surface area contributed by atoms with E-state index in [-0.39, 0.29) is 17.9 Å². The Morgan fingerprint density at radius 3 is 2.45 bits per heavy atom. The highest BCUT2D eigenvalue weighted by Crippen LogP contribution is 2.36. The van der Waals surface area contributed by atoms with Crippen molar-refractivity contribution in [2.45, 2.75) is 42.6 Å². The lowest BCUT2D eigenvalue weighted by molar-refractivity contribution is 0.0936. The first-order chi connectivity index (χ1) is 15.0. The molecule has 0 unspecified atom stereocenters. The molecule has 1 aliphatic heterocycles. The van der Waals surface area contributed by atoms with E-state index in [0.29, 0.717) is 33.2 Å². The number of carbonyl (C=O) groups excluding carboxylic acids is 2. The molecule has 0 saturated heterocycles. The summed E-state index contributed by atoms with van der Waals surface area (Å²) in [4.78, 5) is 28.9. The summed E-state index contributed by atoms with van der Waals surface area (Å²) in [5.41, 5.74) is 2.30. The summed E-state index contributed by atoms with van der Waals surface area (Å²) in [6, 6.07) is 21.7. The molecule has 31 heavy (non-hydrogen) atoms. The molecule has 1 heterocycles. The van der Waals surface area contributed by atoms with Gasteiger partial charge in [0, 0.05) is 11.6 Å². The van der Waals surface area contributed by atoms with Crippen molar-refractivity contribution in [3.63, 3.8) is 0 Å². The van der Waals surface area contributed by atoms with Gasteiger partial charge in [0.2, 0.25) is 0 Å². The number of nitrogens with zero attached hydrogens (tertiary/aromatic N) is 1. The number of carbonyl (C=O) groups is 2. The van der Waals surface area contributed by atoms with Crippen molar-refractivity contribution >= 4 is 28.3 Å². The van der Waals surface area contributed by atoms with Crippen molar-refractivity contribution in [1.29, 1.82) is 0 Å².